The number of amides is 1. The maximum absolute atomic E-state index is 12.8. The summed E-state index contributed by atoms with van der Waals surface area (Å²) in [5.74, 6) is 2.20. The molecule has 4 rings (SSSR count). The van der Waals surface area contributed by atoms with Crippen LogP contribution in [0, 0.1) is 25.7 Å². The van der Waals surface area contributed by atoms with Gasteiger partial charge in [0.15, 0.2) is 0 Å². The van der Waals surface area contributed by atoms with Gasteiger partial charge in [-0.2, -0.15) is 5.10 Å². The fourth-order valence-corrected chi connectivity index (χ4v) is 4.26. The highest BCUT2D eigenvalue weighted by Crippen LogP contribution is 2.41. The van der Waals surface area contributed by atoms with Gasteiger partial charge in [-0.15, -0.1) is 0 Å². The van der Waals surface area contributed by atoms with E-state index in [9.17, 15) is 9.90 Å². The number of carbonyl (C=O) groups is 1. The standard InChI is InChI=1S/C17H22N4O3/c1-10-3-14(11(2)24-10)17(23)20-6-12-4-15(21-9-18-8-19-21)16(22)5-13(12)7-20/h3,8-9,12-13,15-16,22H,4-7H2,1-2H3/t12-,13+,15-,16-/m1/s1. The Balaban J connectivity index is 1.50. The van der Waals surface area contributed by atoms with Crippen LogP contribution in [-0.2, 0) is 0 Å². The third-order valence-electron chi connectivity index (χ3n) is 5.44. The molecule has 1 aliphatic heterocycles. The zero-order valence-electron chi connectivity index (χ0n) is 13.9. The first-order chi connectivity index (χ1) is 11.5. The van der Waals surface area contributed by atoms with E-state index < -0.39 is 6.10 Å². The van der Waals surface area contributed by atoms with E-state index in [4.69, 9.17) is 4.42 Å². The summed E-state index contributed by atoms with van der Waals surface area (Å²) in [5.41, 5.74) is 0.652. The van der Waals surface area contributed by atoms with Crippen LogP contribution in [0.15, 0.2) is 23.1 Å². The number of aromatic nitrogens is 3. The van der Waals surface area contributed by atoms with E-state index >= 15 is 0 Å². The zero-order valence-corrected chi connectivity index (χ0v) is 13.9. The van der Waals surface area contributed by atoms with Crippen LogP contribution in [0.3, 0.4) is 0 Å². The first-order valence-electron chi connectivity index (χ1n) is 8.41. The number of aliphatic hydroxyl groups is 1. The van der Waals surface area contributed by atoms with Crippen molar-refractivity contribution in [3.05, 3.63) is 35.8 Å². The minimum Gasteiger partial charge on any atom is -0.466 e. The van der Waals surface area contributed by atoms with Crippen molar-refractivity contribution in [2.24, 2.45) is 11.8 Å². The van der Waals surface area contributed by atoms with Crippen LogP contribution in [-0.4, -0.2) is 49.9 Å². The number of likely N-dealkylation sites (tertiary alicyclic amines) is 1. The Morgan fingerprint density at radius 1 is 1.29 bits per heavy atom. The minimum absolute atomic E-state index is 0.0329. The molecule has 0 bridgehead atoms. The van der Waals surface area contributed by atoms with Crippen LogP contribution in [0.1, 0.15) is 40.8 Å². The van der Waals surface area contributed by atoms with Gasteiger partial charge >= 0.3 is 0 Å². The predicted octanol–water partition coefficient (Wildman–Crippen LogP) is 1.57. The van der Waals surface area contributed by atoms with E-state index in [0.29, 0.717) is 36.1 Å². The van der Waals surface area contributed by atoms with Gasteiger partial charge in [-0.1, -0.05) is 0 Å². The molecule has 0 radical (unpaired) electrons. The quantitative estimate of drug-likeness (QED) is 0.903. The molecule has 7 heteroatoms. The third-order valence-corrected chi connectivity index (χ3v) is 5.44. The average molecular weight is 330 g/mol. The number of nitrogens with zero attached hydrogens (tertiary/aromatic N) is 4. The Kier molecular flexibility index (Phi) is 3.68. The normalized spacial score (nSPS) is 29.7. The van der Waals surface area contributed by atoms with Crippen molar-refractivity contribution in [1.29, 1.82) is 0 Å². The van der Waals surface area contributed by atoms with Crippen LogP contribution >= 0.6 is 0 Å². The largest absolute Gasteiger partial charge is 0.466 e. The fourth-order valence-electron chi connectivity index (χ4n) is 4.26. The van der Waals surface area contributed by atoms with Gasteiger partial charge in [0.1, 0.15) is 24.2 Å². The Labute approximate surface area is 140 Å². The molecular weight excluding hydrogens is 308 g/mol. The van der Waals surface area contributed by atoms with Crippen LogP contribution in [0.4, 0.5) is 0 Å². The second-order valence-electron chi connectivity index (χ2n) is 7.04. The molecule has 1 saturated carbocycles. The topological polar surface area (TPSA) is 84.4 Å². The van der Waals surface area contributed by atoms with Gasteiger partial charge in [-0.25, -0.2) is 9.67 Å². The number of hydrogen-bond acceptors (Lipinski definition) is 5. The first-order valence-corrected chi connectivity index (χ1v) is 8.41. The Hall–Kier alpha value is -2.15. The van der Waals surface area contributed by atoms with Crippen LogP contribution in [0.25, 0.3) is 0 Å². The summed E-state index contributed by atoms with van der Waals surface area (Å²) in [6.07, 6.45) is 4.22. The number of fused-ring (bicyclic) bond motifs is 1. The number of aryl methyl sites for hydroxylation is 2. The monoisotopic (exact) mass is 330 g/mol. The Morgan fingerprint density at radius 2 is 2.04 bits per heavy atom. The summed E-state index contributed by atoms with van der Waals surface area (Å²) in [5, 5.41) is 14.6. The van der Waals surface area contributed by atoms with Crippen molar-refractivity contribution in [2.75, 3.05) is 13.1 Å². The molecule has 1 saturated heterocycles. The lowest BCUT2D eigenvalue weighted by Gasteiger charge is -2.34. The lowest BCUT2D eigenvalue weighted by molar-refractivity contribution is 0.0304. The highest BCUT2D eigenvalue weighted by atomic mass is 16.3. The number of rotatable bonds is 2. The maximum atomic E-state index is 12.8. The zero-order chi connectivity index (χ0) is 16.8. The SMILES string of the molecule is Cc1cc(C(=O)N2C[C@H]3C[C@@H](n4cncn4)[C@H](O)C[C@H]3C2)c(C)o1. The van der Waals surface area contributed by atoms with E-state index in [1.807, 2.05) is 24.8 Å². The molecule has 2 fully saturated rings. The van der Waals surface area contributed by atoms with E-state index in [2.05, 4.69) is 10.1 Å². The number of hydrogen-bond donors (Lipinski definition) is 1. The molecule has 0 unspecified atom stereocenters. The van der Waals surface area contributed by atoms with E-state index in [1.54, 1.807) is 11.0 Å². The van der Waals surface area contributed by atoms with Crippen LogP contribution in [0.2, 0.25) is 0 Å². The van der Waals surface area contributed by atoms with E-state index in [0.717, 1.165) is 18.7 Å². The highest BCUT2D eigenvalue weighted by Gasteiger charge is 2.44. The minimum atomic E-state index is -0.444. The van der Waals surface area contributed by atoms with Crippen molar-refractivity contribution in [2.45, 2.75) is 38.8 Å². The summed E-state index contributed by atoms with van der Waals surface area (Å²) < 4.78 is 7.24. The first kappa shape index (κ1) is 15.4. The summed E-state index contributed by atoms with van der Waals surface area (Å²) in [7, 11) is 0. The number of carbonyl (C=O) groups excluding carboxylic acids is 1. The molecule has 3 heterocycles. The van der Waals surface area contributed by atoms with Crippen LogP contribution in [0.5, 0.6) is 0 Å². The summed E-state index contributed by atoms with van der Waals surface area (Å²) in [6.45, 7) is 5.11. The highest BCUT2D eigenvalue weighted by molar-refractivity contribution is 5.95. The molecule has 1 N–H and O–H groups in total. The molecule has 0 spiro atoms. The van der Waals surface area contributed by atoms with Crippen molar-refractivity contribution in [3.63, 3.8) is 0 Å². The second-order valence-corrected chi connectivity index (χ2v) is 7.04. The Bertz CT molecular complexity index is 739. The molecule has 1 amide bonds. The summed E-state index contributed by atoms with van der Waals surface area (Å²) in [6, 6.07) is 1.76. The molecule has 2 aliphatic rings. The van der Waals surface area contributed by atoms with Gasteiger partial charge in [-0.05, 0) is 44.6 Å². The lowest BCUT2D eigenvalue weighted by atomic mass is 9.77. The van der Waals surface area contributed by atoms with Gasteiger partial charge in [0.2, 0.25) is 0 Å². The fraction of sp³-hybridized carbons (Fsp3) is 0.588. The molecule has 2 aromatic rings. The second kappa shape index (κ2) is 5.73. The summed E-state index contributed by atoms with van der Waals surface area (Å²) >= 11 is 0. The third kappa shape index (κ3) is 2.53. The molecule has 1 aliphatic carbocycles. The molecular formula is C17H22N4O3. The van der Waals surface area contributed by atoms with Crippen molar-refractivity contribution < 1.29 is 14.3 Å². The maximum Gasteiger partial charge on any atom is 0.257 e. The predicted molar refractivity (Wildman–Crippen MR) is 85.4 cm³/mol. The summed E-state index contributed by atoms with van der Waals surface area (Å²) in [4.78, 5) is 18.7. The molecule has 4 atom stereocenters. The smallest absolute Gasteiger partial charge is 0.257 e. The Morgan fingerprint density at radius 3 is 2.67 bits per heavy atom. The van der Waals surface area contributed by atoms with E-state index in [1.165, 1.54) is 6.33 Å². The van der Waals surface area contributed by atoms with Gasteiger partial charge < -0.3 is 14.4 Å². The van der Waals surface area contributed by atoms with Crippen molar-refractivity contribution in [3.8, 4) is 0 Å². The van der Waals surface area contributed by atoms with Gasteiger partial charge in [0, 0.05) is 13.1 Å². The molecule has 0 aromatic carbocycles. The molecule has 7 nitrogen and oxygen atoms in total. The number of furan rings is 1. The van der Waals surface area contributed by atoms with Crippen molar-refractivity contribution >= 4 is 5.91 Å². The molecule has 24 heavy (non-hydrogen) atoms. The number of aliphatic hydroxyl groups excluding tert-OH is 1. The van der Waals surface area contributed by atoms with Crippen molar-refractivity contribution in [1.82, 2.24) is 19.7 Å². The van der Waals surface area contributed by atoms with Gasteiger partial charge in [-0.3, -0.25) is 4.79 Å². The average Bonchev–Trinajstić information content (AvgIpc) is 3.25. The van der Waals surface area contributed by atoms with Crippen LogP contribution < -0.4 is 0 Å². The van der Waals surface area contributed by atoms with Gasteiger partial charge in [0.05, 0.1) is 17.7 Å². The van der Waals surface area contributed by atoms with E-state index in [-0.39, 0.29) is 11.9 Å². The molecule has 128 valence electrons. The lowest BCUT2D eigenvalue weighted by Crippen LogP contribution is -2.36. The van der Waals surface area contributed by atoms with Gasteiger partial charge in [0.25, 0.3) is 5.91 Å². The molecule has 2 aromatic heterocycles.